The third-order valence-corrected chi connectivity index (χ3v) is 4.06. The number of benzene rings is 2. The summed E-state index contributed by atoms with van der Waals surface area (Å²) >= 11 is 6.02. The molecule has 0 aromatic heterocycles. The molecule has 23 heavy (non-hydrogen) atoms. The van der Waals surface area contributed by atoms with E-state index >= 15 is 0 Å². The molecule has 2 unspecified atom stereocenters. The van der Waals surface area contributed by atoms with Crippen LogP contribution < -0.4 is 20.9 Å². The van der Waals surface area contributed by atoms with Crippen LogP contribution in [0, 0.1) is 0 Å². The molecule has 0 aliphatic carbocycles. The number of carbonyl (C=O) groups excluding carboxylic acids is 1. The number of ether oxygens (including phenoxy) is 1. The Balaban J connectivity index is 1.60. The number of methoxy groups -OCH3 is 1. The monoisotopic (exact) mass is 331 g/mol. The molecule has 1 saturated heterocycles. The molecular weight excluding hydrogens is 314 g/mol. The number of halogens is 1. The van der Waals surface area contributed by atoms with Crippen molar-refractivity contribution in [3.63, 3.8) is 0 Å². The van der Waals surface area contributed by atoms with Crippen molar-refractivity contribution in [2.24, 2.45) is 0 Å². The number of anilines is 1. The summed E-state index contributed by atoms with van der Waals surface area (Å²) in [5.41, 5.74) is 7.98. The normalized spacial score (nSPS) is 20.3. The lowest BCUT2D eigenvalue weighted by Crippen LogP contribution is -2.39. The minimum atomic E-state index is -0.305. The third kappa shape index (κ3) is 3.82. The summed E-state index contributed by atoms with van der Waals surface area (Å²) in [7, 11) is 1.61. The average molecular weight is 332 g/mol. The van der Waals surface area contributed by atoms with Gasteiger partial charge in [-0.05, 0) is 48.4 Å². The Morgan fingerprint density at radius 3 is 2.70 bits per heavy atom. The summed E-state index contributed by atoms with van der Waals surface area (Å²) in [4.78, 5) is 12.3. The first-order valence-electron chi connectivity index (χ1n) is 7.37. The van der Waals surface area contributed by atoms with Crippen LogP contribution in [-0.4, -0.2) is 19.1 Å². The minimum absolute atomic E-state index is 0.0558. The Kier molecular flexibility index (Phi) is 4.81. The molecule has 3 rings (SSSR count). The number of hydrazine groups is 1. The van der Waals surface area contributed by atoms with E-state index in [1.165, 1.54) is 0 Å². The van der Waals surface area contributed by atoms with Gasteiger partial charge in [-0.3, -0.25) is 4.79 Å². The molecule has 2 aromatic carbocycles. The van der Waals surface area contributed by atoms with Crippen molar-refractivity contribution < 1.29 is 9.53 Å². The SMILES string of the molecule is COc1ccc(NC(=O)C2CC(c3cccc(Cl)c3)NN2)cc1. The minimum Gasteiger partial charge on any atom is -0.497 e. The summed E-state index contributed by atoms with van der Waals surface area (Å²) in [6.45, 7) is 0. The molecular formula is C17H18ClN3O2. The van der Waals surface area contributed by atoms with Crippen molar-refractivity contribution >= 4 is 23.2 Å². The summed E-state index contributed by atoms with van der Waals surface area (Å²) in [5.74, 6) is 0.678. The van der Waals surface area contributed by atoms with E-state index in [2.05, 4.69) is 16.2 Å². The highest BCUT2D eigenvalue weighted by molar-refractivity contribution is 6.30. The largest absolute Gasteiger partial charge is 0.497 e. The Hall–Kier alpha value is -2.08. The molecule has 0 radical (unpaired) electrons. The van der Waals surface area contributed by atoms with Crippen molar-refractivity contribution in [2.45, 2.75) is 18.5 Å². The van der Waals surface area contributed by atoms with E-state index in [-0.39, 0.29) is 18.0 Å². The molecule has 1 aliphatic heterocycles. The van der Waals surface area contributed by atoms with Crippen LogP contribution in [0.2, 0.25) is 5.02 Å². The van der Waals surface area contributed by atoms with E-state index in [0.717, 1.165) is 17.0 Å². The lowest BCUT2D eigenvalue weighted by molar-refractivity contribution is -0.117. The second-order valence-corrected chi connectivity index (χ2v) is 5.84. The third-order valence-electron chi connectivity index (χ3n) is 3.83. The highest BCUT2D eigenvalue weighted by atomic mass is 35.5. The predicted octanol–water partition coefficient (Wildman–Crippen LogP) is 2.89. The first-order valence-corrected chi connectivity index (χ1v) is 7.75. The molecule has 1 heterocycles. The average Bonchev–Trinajstić information content (AvgIpc) is 3.06. The van der Waals surface area contributed by atoms with Gasteiger partial charge in [0.15, 0.2) is 0 Å². The van der Waals surface area contributed by atoms with Crippen molar-refractivity contribution in [2.75, 3.05) is 12.4 Å². The van der Waals surface area contributed by atoms with Crippen molar-refractivity contribution in [1.29, 1.82) is 0 Å². The Bertz CT molecular complexity index is 690. The van der Waals surface area contributed by atoms with Gasteiger partial charge in [0.25, 0.3) is 0 Å². The smallest absolute Gasteiger partial charge is 0.242 e. The topological polar surface area (TPSA) is 62.4 Å². The van der Waals surface area contributed by atoms with Gasteiger partial charge in [0.2, 0.25) is 5.91 Å². The van der Waals surface area contributed by atoms with E-state index < -0.39 is 0 Å². The predicted molar refractivity (Wildman–Crippen MR) is 90.5 cm³/mol. The van der Waals surface area contributed by atoms with E-state index in [9.17, 15) is 4.79 Å². The maximum Gasteiger partial charge on any atom is 0.242 e. The second kappa shape index (κ2) is 7.00. The molecule has 120 valence electrons. The molecule has 2 atom stereocenters. The van der Waals surface area contributed by atoms with Crippen LogP contribution in [0.15, 0.2) is 48.5 Å². The summed E-state index contributed by atoms with van der Waals surface area (Å²) < 4.78 is 5.10. The van der Waals surface area contributed by atoms with E-state index in [4.69, 9.17) is 16.3 Å². The standard InChI is InChI=1S/C17H18ClN3O2/c1-23-14-7-5-13(6-8-14)19-17(22)16-10-15(20-21-16)11-3-2-4-12(18)9-11/h2-9,15-16,20-21H,10H2,1H3,(H,19,22). The lowest BCUT2D eigenvalue weighted by atomic mass is 10.0. The van der Waals surface area contributed by atoms with Crippen LogP contribution >= 0.6 is 11.6 Å². The second-order valence-electron chi connectivity index (χ2n) is 5.40. The maximum atomic E-state index is 12.3. The Morgan fingerprint density at radius 2 is 2.00 bits per heavy atom. The van der Waals surface area contributed by atoms with Crippen LogP contribution in [0.5, 0.6) is 5.75 Å². The van der Waals surface area contributed by atoms with Gasteiger partial charge in [0.1, 0.15) is 11.8 Å². The highest BCUT2D eigenvalue weighted by Gasteiger charge is 2.30. The zero-order valence-corrected chi connectivity index (χ0v) is 13.4. The van der Waals surface area contributed by atoms with Crippen molar-refractivity contribution in [3.05, 3.63) is 59.1 Å². The maximum absolute atomic E-state index is 12.3. The summed E-state index contributed by atoms with van der Waals surface area (Å²) in [6.07, 6.45) is 0.655. The molecule has 3 N–H and O–H groups in total. The van der Waals surface area contributed by atoms with Gasteiger partial charge in [0, 0.05) is 16.8 Å². The molecule has 1 aliphatic rings. The first-order chi connectivity index (χ1) is 11.2. The van der Waals surface area contributed by atoms with Gasteiger partial charge < -0.3 is 10.1 Å². The summed E-state index contributed by atoms with van der Waals surface area (Å²) in [6, 6.07) is 14.6. The van der Waals surface area contributed by atoms with E-state index in [1.54, 1.807) is 7.11 Å². The first kappa shape index (κ1) is 15.8. The number of hydrogen-bond acceptors (Lipinski definition) is 4. The van der Waals surface area contributed by atoms with Crippen LogP contribution in [0.3, 0.4) is 0 Å². The van der Waals surface area contributed by atoms with Crippen molar-refractivity contribution in [3.8, 4) is 5.75 Å². The number of nitrogens with one attached hydrogen (secondary N) is 3. The fourth-order valence-corrected chi connectivity index (χ4v) is 2.77. The molecule has 5 nitrogen and oxygen atoms in total. The van der Waals surface area contributed by atoms with Crippen LogP contribution in [0.1, 0.15) is 18.0 Å². The van der Waals surface area contributed by atoms with E-state index in [1.807, 2.05) is 48.5 Å². The van der Waals surface area contributed by atoms with Gasteiger partial charge >= 0.3 is 0 Å². The molecule has 2 aromatic rings. The number of carbonyl (C=O) groups is 1. The highest BCUT2D eigenvalue weighted by Crippen LogP contribution is 2.25. The van der Waals surface area contributed by atoms with Crippen LogP contribution in [0.4, 0.5) is 5.69 Å². The van der Waals surface area contributed by atoms with Gasteiger partial charge in [-0.25, -0.2) is 10.9 Å². The molecule has 0 spiro atoms. The number of rotatable bonds is 4. The quantitative estimate of drug-likeness (QED) is 0.806. The molecule has 1 fully saturated rings. The fraction of sp³-hybridized carbons (Fsp3) is 0.235. The van der Waals surface area contributed by atoms with Crippen LogP contribution in [0.25, 0.3) is 0 Å². The molecule has 0 saturated carbocycles. The fourth-order valence-electron chi connectivity index (χ4n) is 2.57. The molecule has 1 amide bonds. The van der Waals surface area contributed by atoms with Gasteiger partial charge in [-0.15, -0.1) is 0 Å². The number of amides is 1. The Labute approximate surface area is 140 Å². The van der Waals surface area contributed by atoms with Gasteiger partial charge in [0.05, 0.1) is 7.11 Å². The Morgan fingerprint density at radius 1 is 1.22 bits per heavy atom. The van der Waals surface area contributed by atoms with Crippen molar-refractivity contribution in [1.82, 2.24) is 10.9 Å². The lowest BCUT2D eigenvalue weighted by Gasteiger charge is -2.11. The number of hydrogen-bond donors (Lipinski definition) is 3. The zero-order chi connectivity index (χ0) is 16.2. The zero-order valence-electron chi connectivity index (χ0n) is 12.7. The summed E-state index contributed by atoms with van der Waals surface area (Å²) in [5, 5.41) is 3.59. The van der Waals surface area contributed by atoms with E-state index in [0.29, 0.717) is 11.4 Å². The molecule has 0 bridgehead atoms. The van der Waals surface area contributed by atoms with Gasteiger partial charge in [-0.2, -0.15) is 0 Å². The molecule has 6 heteroatoms. The van der Waals surface area contributed by atoms with Crippen LogP contribution in [-0.2, 0) is 4.79 Å². The van der Waals surface area contributed by atoms with Gasteiger partial charge in [-0.1, -0.05) is 23.7 Å².